The van der Waals surface area contributed by atoms with Crippen molar-refractivity contribution in [3.63, 3.8) is 0 Å². The zero-order valence-corrected chi connectivity index (χ0v) is 21.8. The highest BCUT2D eigenvalue weighted by molar-refractivity contribution is 8.00. The highest BCUT2D eigenvalue weighted by Crippen LogP contribution is 2.33. The molecule has 12 heteroatoms. The van der Waals surface area contributed by atoms with E-state index in [-0.39, 0.29) is 16.1 Å². The van der Waals surface area contributed by atoms with E-state index >= 15 is 4.39 Å². The number of nitrogens with zero attached hydrogens (tertiary/aromatic N) is 5. The number of anilines is 3. The van der Waals surface area contributed by atoms with Gasteiger partial charge in [-0.25, -0.2) is 33.1 Å². The number of hydrogen-bond donors (Lipinski definition) is 2. The summed E-state index contributed by atoms with van der Waals surface area (Å²) in [6.45, 7) is 2.30. The van der Waals surface area contributed by atoms with E-state index in [0.29, 0.717) is 66.1 Å². The Labute approximate surface area is 231 Å². The summed E-state index contributed by atoms with van der Waals surface area (Å²) in [7, 11) is 0. The molecule has 4 heterocycles. The molecule has 1 saturated heterocycles. The van der Waals surface area contributed by atoms with Crippen LogP contribution >= 0.6 is 11.9 Å². The van der Waals surface area contributed by atoms with E-state index in [1.165, 1.54) is 6.07 Å². The number of morpholine rings is 1. The molecule has 0 amide bonds. The standard InChI is InChI=1S/C28H22F3N7OS/c29-17-5-6-19(30)23(14-17)40-37-21-3-1-2-18(25(21)31)20-7-8-22-26(34-20)28(38-10-12-39-13-11-38)36-27(35-22)16-4-9-24(32)33-15-16/h1-9,14-15,37H,10-13H2,(H2,32,33). The van der Waals surface area contributed by atoms with Gasteiger partial charge in [0.15, 0.2) is 17.5 Å². The minimum atomic E-state index is -0.614. The fourth-order valence-corrected chi connectivity index (χ4v) is 5.00. The van der Waals surface area contributed by atoms with Crippen molar-refractivity contribution in [1.29, 1.82) is 0 Å². The molecular formula is C28H22F3N7OS. The van der Waals surface area contributed by atoms with Crippen LogP contribution in [0.3, 0.4) is 0 Å². The van der Waals surface area contributed by atoms with Crippen molar-refractivity contribution in [2.75, 3.05) is 41.7 Å². The summed E-state index contributed by atoms with van der Waals surface area (Å²) >= 11 is 0.780. The van der Waals surface area contributed by atoms with E-state index in [0.717, 1.165) is 30.1 Å². The van der Waals surface area contributed by atoms with E-state index in [4.69, 9.17) is 25.4 Å². The predicted molar refractivity (Wildman–Crippen MR) is 149 cm³/mol. The molecule has 3 aromatic heterocycles. The molecule has 0 unspecified atom stereocenters. The zero-order valence-electron chi connectivity index (χ0n) is 20.9. The van der Waals surface area contributed by atoms with E-state index in [1.807, 2.05) is 0 Å². The third-order valence-corrected chi connectivity index (χ3v) is 7.17. The van der Waals surface area contributed by atoms with Crippen LogP contribution in [-0.4, -0.2) is 46.2 Å². The normalized spacial score (nSPS) is 13.5. The van der Waals surface area contributed by atoms with Crippen molar-refractivity contribution in [2.24, 2.45) is 0 Å². The first-order valence-corrected chi connectivity index (χ1v) is 13.2. The van der Waals surface area contributed by atoms with Gasteiger partial charge >= 0.3 is 0 Å². The zero-order chi connectivity index (χ0) is 27.6. The summed E-state index contributed by atoms with van der Waals surface area (Å²) in [6.07, 6.45) is 1.61. The summed E-state index contributed by atoms with van der Waals surface area (Å²) in [4.78, 5) is 20.5. The molecule has 3 N–H and O–H groups in total. The summed E-state index contributed by atoms with van der Waals surface area (Å²) in [5.41, 5.74) is 8.24. The molecule has 0 atom stereocenters. The van der Waals surface area contributed by atoms with Gasteiger partial charge in [0, 0.05) is 30.4 Å². The number of ether oxygens (including phenoxy) is 1. The highest BCUT2D eigenvalue weighted by atomic mass is 32.2. The van der Waals surface area contributed by atoms with Gasteiger partial charge in [0.2, 0.25) is 0 Å². The number of hydrogen-bond acceptors (Lipinski definition) is 9. The lowest BCUT2D eigenvalue weighted by Gasteiger charge is -2.28. The number of nitrogen functional groups attached to an aromatic ring is 1. The van der Waals surface area contributed by atoms with Crippen LogP contribution in [0.2, 0.25) is 0 Å². The van der Waals surface area contributed by atoms with Crippen molar-refractivity contribution in [1.82, 2.24) is 19.9 Å². The molecule has 5 aromatic rings. The van der Waals surface area contributed by atoms with Gasteiger partial charge in [-0.15, -0.1) is 0 Å². The van der Waals surface area contributed by atoms with E-state index in [9.17, 15) is 8.78 Å². The molecule has 40 heavy (non-hydrogen) atoms. The molecule has 2 aromatic carbocycles. The van der Waals surface area contributed by atoms with Crippen LogP contribution in [0, 0.1) is 17.5 Å². The lowest BCUT2D eigenvalue weighted by molar-refractivity contribution is 0.122. The first kappa shape index (κ1) is 25.8. The van der Waals surface area contributed by atoms with Crippen LogP contribution in [0.25, 0.3) is 33.7 Å². The average Bonchev–Trinajstić information content (AvgIpc) is 2.98. The van der Waals surface area contributed by atoms with Gasteiger partial charge in [0.05, 0.1) is 35.0 Å². The first-order valence-electron chi connectivity index (χ1n) is 12.4. The van der Waals surface area contributed by atoms with E-state index < -0.39 is 17.5 Å². The van der Waals surface area contributed by atoms with Crippen LogP contribution in [0.4, 0.5) is 30.5 Å². The Bertz CT molecular complexity index is 1700. The molecule has 1 aliphatic rings. The Morgan fingerprint density at radius 3 is 2.58 bits per heavy atom. The van der Waals surface area contributed by atoms with Gasteiger partial charge < -0.3 is 20.1 Å². The maximum absolute atomic E-state index is 15.7. The fraction of sp³-hybridized carbons (Fsp3) is 0.143. The molecule has 0 radical (unpaired) electrons. The number of nitrogens with two attached hydrogens (primary N) is 1. The first-order chi connectivity index (χ1) is 19.5. The van der Waals surface area contributed by atoms with Crippen molar-refractivity contribution in [3.05, 3.63) is 84.3 Å². The maximum atomic E-state index is 15.7. The summed E-state index contributed by atoms with van der Waals surface area (Å²) in [5.74, 6) is -0.325. The maximum Gasteiger partial charge on any atom is 0.163 e. The quantitative estimate of drug-likeness (QED) is 0.253. The molecule has 6 rings (SSSR count). The number of halogens is 3. The minimum Gasteiger partial charge on any atom is -0.384 e. The molecule has 202 valence electrons. The lowest BCUT2D eigenvalue weighted by atomic mass is 10.1. The van der Waals surface area contributed by atoms with E-state index in [2.05, 4.69) is 14.6 Å². The second-order valence-electron chi connectivity index (χ2n) is 8.95. The van der Waals surface area contributed by atoms with Crippen LogP contribution in [0.1, 0.15) is 0 Å². The Balaban J connectivity index is 1.39. The number of rotatable bonds is 6. The summed E-state index contributed by atoms with van der Waals surface area (Å²) in [6, 6.07) is 14.8. The molecule has 1 aliphatic heterocycles. The van der Waals surface area contributed by atoms with Crippen LogP contribution in [-0.2, 0) is 4.74 Å². The molecule has 8 nitrogen and oxygen atoms in total. The molecule has 1 fully saturated rings. The summed E-state index contributed by atoms with van der Waals surface area (Å²) < 4.78 is 51.6. The number of fused-ring (bicyclic) bond motifs is 1. The lowest BCUT2D eigenvalue weighted by Crippen LogP contribution is -2.37. The second-order valence-corrected chi connectivity index (χ2v) is 9.80. The third kappa shape index (κ3) is 5.23. The topological polar surface area (TPSA) is 102 Å². The van der Waals surface area contributed by atoms with Crippen LogP contribution in [0.15, 0.2) is 71.8 Å². The predicted octanol–water partition coefficient (Wildman–Crippen LogP) is 5.71. The average molecular weight is 562 g/mol. The summed E-state index contributed by atoms with van der Waals surface area (Å²) in [5, 5.41) is 0. The number of nitrogens with one attached hydrogen (secondary N) is 1. The van der Waals surface area contributed by atoms with Gasteiger partial charge in [0.1, 0.15) is 23.0 Å². The number of benzene rings is 2. The van der Waals surface area contributed by atoms with Crippen molar-refractivity contribution in [2.45, 2.75) is 4.90 Å². The number of pyridine rings is 2. The van der Waals surface area contributed by atoms with Crippen molar-refractivity contribution < 1.29 is 17.9 Å². The molecule has 0 aliphatic carbocycles. The largest absolute Gasteiger partial charge is 0.384 e. The van der Waals surface area contributed by atoms with Gasteiger partial charge in [-0.05, 0) is 66.5 Å². The second kappa shape index (κ2) is 11.0. The highest BCUT2D eigenvalue weighted by Gasteiger charge is 2.21. The van der Waals surface area contributed by atoms with Gasteiger partial charge in [-0.1, -0.05) is 6.07 Å². The molecule has 0 spiro atoms. The monoisotopic (exact) mass is 561 g/mol. The Kier molecular flexibility index (Phi) is 7.10. The smallest absolute Gasteiger partial charge is 0.163 e. The molecule has 0 saturated carbocycles. The third-order valence-electron chi connectivity index (χ3n) is 6.32. The fourth-order valence-electron chi connectivity index (χ4n) is 4.29. The van der Waals surface area contributed by atoms with Gasteiger partial charge in [-0.3, -0.25) is 0 Å². The molecule has 0 bridgehead atoms. The van der Waals surface area contributed by atoms with E-state index in [1.54, 1.807) is 42.6 Å². The van der Waals surface area contributed by atoms with Gasteiger partial charge in [-0.2, -0.15) is 0 Å². The van der Waals surface area contributed by atoms with Crippen molar-refractivity contribution in [3.8, 4) is 22.6 Å². The number of aromatic nitrogens is 4. The Morgan fingerprint density at radius 1 is 0.925 bits per heavy atom. The minimum absolute atomic E-state index is 0.00745. The van der Waals surface area contributed by atoms with Crippen LogP contribution in [0.5, 0.6) is 0 Å². The van der Waals surface area contributed by atoms with Crippen LogP contribution < -0.4 is 15.4 Å². The SMILES string of the molecule is Nc1ccc(-c2nc(N3CCOCC3)c3nc(-c4cccc(NSc5cc(F)ccc5F)c4F)ccc3n2)cn1. The Morgan fingerprint density at radius 2 is 1.77 bits per heavy atom. The van der Waals surface area contributed by atoms with Gasteiger partial charge in [0.25, 0.3) is 0 Å². The van der Waals surface area contributed by atoms with Crippen molar-refractivity contribution >= 4 is 40.3 Å². The molecular weight excluding hydrogens is 539 g/mol. The Hall–Kier alpha value is -4.42.